The normalized spacial score (nSPS) is 26.4. The topological polar surface area (TPSA) is 3.24 Å². The summed E-state index contributed by atoms with van der Waals surface area (Å²) < 4.78 is 12.4. The van der Waals surface area contributed by atoms with Crippen LogP contribution in [0.1, 0.15) is 6.42 Å². The van der Waals surface area contributed by atoms with Crippen LogP contribution in [0.3, 0.4) is 0 Å². The van der Waals surface area contributed by atoms with E-state index < -0.39 is 6.17 Å². The highest BCUT2D eigenvalue weighted by Gasteiger charge is 2.20. The molecule has 0 saturated carbocycles. The van der Waals surface area contributed by atoms with E-state index in [2.05, 4.69) is 4.90 Å². The van der Waals surface area contributed by atoms with Crippen molar-refractivity contribution >= 4 is 24.0 Å². The zero-order valence-corrected chi connectivity index (χ0v) is 7.30. The Morgan fingerprint density at radius 2 is 2.30 bits per heavy atom. The van der Waals surface area contributed by atoms with Crippen LogP contribution in [0.2, 0.25) is 0 Å². The van der Waals surface area contributed by atoms with E-state index in [9.17, 15) is 4.39 Å². The molecule has 0 radical (unpaired) electrons. The minimum atomic E-state index is -0.604. The Morgan fingerprint density at radius 3 is 2.70 bits per heavy atom. The maximum atomic E-state index is 12.4. The van der Waals surface area contributed by atoms with Crippen molar-refractivity contribution in [2.45, 2.75) is 12.6 Å². The minimum Gasteiger partial charge on any atom is -0.299 e. The largest absolute Gasteiger partial charge is 0.299 e. The molecule has 62 valence electrons. The average Bonchev–Trinajstić information content (AvgIpc) is 2.17. The van der Waals surface area contributed by atoms with Gasteiger partial charge in [-0.25, -0.2) is 4.39 Å². The van der Waals surface area contributed by atoms with E-state index in [1.165, 1.54) is 0 Å². The average molecular weight is 188 g/mol. The van der Waals surface area contributed by atoms with Crippen molar-refractivity contribution in [2.24, 2.45) is 0 Å². The standard InChI is InChI=1S/C6H11ClFN.ClH/c7-2-4-9-3-1-6(8)5-9;/h6H,1-5H2;1H/t6-;/m1./s1. The fourth-order valence-electron chi connectivity index (χ4n) is 1.11. The molecule has 0 unspecified atom stereocenters. The summed E-state index contributed by atoms with van der Waals surface area (Å²) in [6.07, 6.45) is 0.0879. The molecular weight excluding hydrogens is 176 g/mol. The third-order valence-corrected chi connectivity index (χ3v) is 1.78. The van der Waals surface area contributed by atoms with Crippen molar-refractivity contribution in [2.75, 3.05) is 25.5 Å². The van der Waals surface area contributed by atoms with Gasteiger partial charge < -0.3 is 0 Å². The van der Waals surface area contributed by atoms with Crippen LogP contribution in [0.15, 0.2) is 0 Å². The highest BCUT2D eigenvalue weighted by molar-refractivity contribution is 6.18. The van der Waals surface area contributed by atoms with Crippen LogP contribution in [-0.4, -0.2) is 36.6 Å². The number of alkyl halides is 2. The lowest BCUT2D eigenvalue weighted by Gasteiger charge is -2.10. The van der Waals surface area contributed by atoms with Gasteiger partial charge in [0.2, 0.25) is 0 Å². The maximum absolute atomic E-state index is 12.4. The molecule has 1 aliphatic rings. The second-order valence-corrected chi connectivity index (χ2v) is 2.75. The predicted molar refractivity (Wildman–Crippen MR) is 43.9 cm³/mol. The summed E-state index contributed by atoms with van der Waals surface area (Å²) in [5.74, 6) is 0.618. The van der Waals surface area contributed by atoms with E-state index in [1.807, 2.05) is 0 Å². The molecule has 10 heavy (non-hydrogen) atoms. The molecule has 1 saturated heterocycles. The van der Waals surface area contributed by atoms with Gasteiger partial charge in [0.05, 0.1) is 0 Å². The molecule has 1 fully saturated rings. The van der Waals surface area contributed by atoms with Gasteiger partial charge >= 0.3 is 0 Å². The molecule has 0 N–H and O–H groups in total. The number of halogens is 3. The van der Waals surface area contributed by atoms with Crippen LogP contribution in [0.5, 0.6) is 0 Å². The molecule has 0 aromatic rings. The van der Waals surface area contributed by atoms with Crippen molar-refractivity contribution in [3.8, 4) is 0 Å². The van der Waals surface area contributed by atoms with Crippen LogP contribution < -0.4 is 0 Å². The highest BCUT2D eigenvalue weighted by Crippen LogP contribution is 2.11. The van der Waals surface area contributed by atoms with E-state index in [1.54, 1.807) is 0 Å². The molecule has 0 aromatic carbocycles. The van der Waals surface area contributed by atoms with Gasteiger partial charge in [-0.1, -0.05) is 0 Å². The quantitative estimate of drug-likeness (QED) is 0.596. The molecular formula is C6H12Cl2FN. The second kappa shape index (κ2) is 5.16. The Labute approximate surface area is 71.9 Å². The van der Waals surface area contributed by atoms with Crippen LogP contribution in [0.25, 0.3) is 0 Å². The molecule has 0 spiro atoms. The lowest BCUT2D eigenvalue weighted by molar-refractivity contribution is 0.299. The van der Waals surface area contributed by atoms with E-state index in [4.69, 9.17) is 11.6 Å². The van der Waals surface area contributed by atoms with E-state index in [0.29, 0.717) is 18.8 Å². The molecule has 0 aromatic heterocycles. The summed E-state index contributed by atoms with van der Waals surface area (Å²) in [5, 5.41) is 0. The number of hydrogen-bond acceptors (Lipinski definition) is 1. The first-order chi connectivity index (χ1) is 4.33. The van der Waals surface area contributed by atoms with Crippen LogP contribution in [0, 0.1) is 0 Å². The first kappa shape index (κ1) is 10.5. The van der Waals surface area contributed by atoms with Gasteiger partial charge in [-0.05, 0) is 6.42 Å². The van der Waals surface area contributed by atoms with Gasteiger partial charge in [-0.3, -0.25) is 4.90 Å². The van der Waals surface area contributed by atoms with Crippen LogP contribution in [-0.2, 0) is 0 Å². The lowest BCUT2D eigenvalue weighted by Crippen LogP contribution is -2.22. The summed E-state index contributed by atoms with van der Waals surface area (Å²) in [7, 11) is 0. The molecule has 0 bridgehead atoms. The van der Waals surface area contributed by atoms with E-state index >= 15 is 0 Å². The molecule has 1 heterocycles. The Balaban J connectivity index is 0.000000810. The van der Waals surface area contributed by atoms with Crippen molar-refractivity contribution in [3.63, 3.8) is 0 Å². The van der Waals surface area contributed by atoms with Crippen LogP contribution in [0.4, 0.5) is 4.39 Å². The van der Waals surface area contributed by atoms with Gasteiger partial charge in [-0.15, -0.1) is 24.0 Å². The first-order valence-electron chi connectivity index (χ1n) is 3.25. The molecule has 1 nitrogen and oxygen atoms in total. The first-order valence-corrected chi connectivity index (χ1v) is 3.79. The number of hydrogen-bond donors (Lipinski definition) is 0. The fourth-order valence-corrected chi connectivity index (χ4v) is 1.35. The molecule has 1 aliphatic heterocycles. The zero-order valence-electron chi connectivity index (χ0n) is 5.72. The van der Waals surface area contributed by atoms with Crippen molar-refractivity contribution in [1.29, 1.82) is 0 Å². The number of nitrogens with zero attached hydrogens (tertiary/aromatic N) is 1. The molecule has 0 aliphatic carbocycles. The molecule has 1 rings (SSSR count). The highest BCUT2D eigenvalue weighted by atomic mass is 35.5. The van der Waals surface area contributed by atoms with Crippen molar-refractivity contribution in [1.82, 2.24) is 4.90 Å². The van der Waals surface area contributed by atoms with Crippen LogP contribution >= 0.6 is 24.0 Å². The minimum absolute atomic E-state index is 0. The van der Waals surface area contributed by atoms with Gasteiger partial charge in [0, 0.05) is 25.5 Å². The monoisotopic (exact) mass is 187 g/mol. The number of likely N-dealkylation sites (tertiary alicyclic amines) is 1. The zero-order chi connectivity index (χ0) is 6.69. The van der Waals surface area contributed by atoms with Crippen molar-refractivity contribution in [3.05, 3.63) is 0 Å². The Kier molecular flexibility index (Phi) is 5.41. The Hall–Kier alpha value is 0.470. The molecule has 0 amide bonds. The smallest absolute Gasteiger partial charge is 0.114 e. The Bertz CT molecular complexity index is 89.8. The van der Waals surface area contributed by atoms with Gasteiger partial charge in [0.25, 0.3) is 0 Å². The number of rotatable bonds is 2. The third-order valence-electron chi connectivity index (χ3n) is 1.62. The summed E-state index contributed by atoms with van der Waals surface area (Å²) in [4.78, 5) is 2.05. The van der Waals surface area contributed by atoms with E-state index in [0.717, 1.165) is 13.1 Å². The SMILES string of the molecule is Cl.F[C@@H]1CCN(CCCl)C1. The van der Waals surface area contributed by atoms with Crippen molar-refractivity contribution < 1.29 is 4.39 Å². The summed E-state index contributed by atoms with van der Waals surface area (Å²) in [6, 6.07) is 0. The predicted octanol–water partition coefficient (Wildman–Crippen LogP) is 1.69. The third kappa shape index (κ3) is 3.04. The second-order valence-electron chi connectivity index (χ2n) is 2.38. The summed E-state index contributed by atoms with van der Waals surface area (Å²) in [5.41, 5.74) is 0. The lowest BCUT2D eigenvalue weighted by atomic mass is 10.3. The molecule has 4 heteroatoms. The van der Waals surface area contributed by atoms with Gasteiger partial charge in [0.15, 0.2) is 0 Å². The fraction of sp³-hybridized carbons (Fsp3) is 1.00. The summed E-state index contributed by atoms with van der Waals surface area (Å²) >= 11 is 5.47. The van der Waals surface area contributed by atoms with Gasteiger partial charge in [-0.2, -0.15) is 0 Å². The summed E-state index contributed by atoms with van der Waals surface area (Å²) in [6.45, 7) is 2.31. The maximum Gasteiger partial charge on any atom is 0.114 e. The molecule has 1 atom stereocenters. The Morgan fingerprint density at radius 1 is 1.60 bits per heavy atom. The van der Waals surface area contributed by atoms with Gasteiger partial charge in [0.1, 0.15) is 6.17 Å². The van der Waals surface area contributed by atoms with E-state index in [-0.39, 0.29) is 12.4 Å².